The van der Waals surface area contributed by atoms with Crippen LogP contribution in [0.5, 0.6) is 17.2 Å². The van der Waals surface area contributed by atoms with Crippen molar-refractivity contribution in [2.45, 2.75) is 26.2 Å². The first kappa shape index (κ1) is 26.6. The van der Waals surface area contributed by atoms with E-state index in [0.29, 0.717) is 35.0 Å². The summed E-state index contributed by atoms with van der Waals surface area (Å²) in [5.74, 6) is 0.749. The van der Waals surface area contributed by atoms with Gasteiger partial charge in [-0.05, 0) is 34.9 Å². The van der Waals surface area contributed by atoms with E-state index in [9.17, 15) is 9.59 Å². The molecule has 3 aromatic rings. The van der Waals surface area contributed by atoms with Gasteiger partial charge in [-0.15, -0.1) is 0 Å². The number of carbonyl (C=O) groups is 2. The summed E-state index contributed by atoms with van der Waals surface area (Å²) in [6.07, 6.45) is 0. The summed E-state index contributed by atoms with van der Waals surface area (Å²) in [5.41, 5.74) is 3.75. The SMILES string of the molecule is COC(=O)[C@H](NC(C)=O)c1ccc(OC)c(-c2c(COCc3ccccc3)cc(OC)cc2OC)c1. The van der Waals surface area contributed by atoms with Gasteiger partial charge in [-0.3, -0.25) is 4.79 Å². The quantitative estimate of drug-likeness (QED) is 0.395. The maximum absolute atomic E-state index is 12.5. The summed E-state index contributed by atoms with van der Waals surface area (Å²) < 4.78 is 27.8. The largest absolute Gasteiger partial charge is 0.497 e. The van der Waals surface area contributed by atoms with Crippen LogP contribution >= 0.6 is 0 Å². The highest BCUT2D eigenvalue weighted by atomic mass is 16.5. The molecule has 3 aromatic carbocycles. The fraction of sp³-hybridized carbons (Fsp3) is 0.286. The number of ether oxygens (including phenoxy) is 5. The number of methoxy groups -OCH3 is 4. The monoisotopic (exact) mass is 493 g/mol. The number of esters is 1. The van der Waals surface area contributed by atoms with Crippen molar-refractivity contribution in [3.05, 3.63) is 77.4 Å². The molecule has 1 atom stereocenters. The van der Waals surface area contributed by atoms with Crippen LogP contribution in [0.4, 0.5) is 0 Å². The molecule has 0 aromatic heterocycles. The molecule has 1 amide bonds. The fourth-order valence-electron chi connectivity index (χ4n) is 3.90. The molecular formula is C28H31NO7. The highest BCUT2D eigenvalue weighted by Crippen LogP contribution is 2.43. The lowest BCUT2D eigenvalue weighted by Crippen LogP contribution is -2.32. The minimum absolute atomic E-state index is 0.261. The molecule has 0 fully saturated rings. The Morgan fingerprint density at radius 2 is 1.56 bits per heavy atom. The van der Waals surface area contributed by atoms with Gasteiger partial charge < -0.3 is 29.0 Å². The van der Waals surface area contributed by atoms with Crippen LogP contribution in [-0.2, 0) is 32.3 Å². The van der Waals surface area contributed by atoms with E-state index in [1.165, 1.54) is 14.0 Å². The van der Waals surface area contributed by atoms with E-state index in [1.54, 1.807) is 45.6 Å². The molecule has 1 N–H and O–H groups in total. The molecule has 0 saturated carbocycles. The van der Waals surface area contributed by atoms with Gasteiger partial charge in [0.25, 0.3) is 0 Å². The summed E-state index contributed by atoms with van der Waals surface area (Å²) in [7, 11) is 5.98. The summed E-state index contributed by atoms with van der Waals surface area (Å²) in [5, 5.41) is 2.65. The predicted octanol–water partition coefficient (Wildman–Crippen LogP) is 4.45. The molecular weight excluding hydrogens is 462 g/mol. The van der Waals surface area contributed by atoms with Crippen molar-refractivity contribution in [3.8, 4) is 28.4 Å². The first-order valence-electron chi connectivity index (χ1n) is 11.3. The van der Waals surface area contributed by atoms with E-state index in [2.05, 4.69) is 5.32 Å². The van der Waals surface area contributed by atoms with Crippen LogP contribution in [0.2, 0.25) is 0 Å². The fourth-order valence-corrected chi connectivity index (χ4v) is 3.90. The average molecular weight is 494 g/mol. The first-order chi connectivity index (χ1) is 17.4. The zero-order chi connectivity index (χ0) is 26.1. The Bertz CT molecular complexity index is 1190. The van der Waals surface area contributed by atoms with E-state index in [1.807, 2.05) is 36.4 Å². The third kappa shape index (κ3) is 6.34. The van der Waals surface area contributed by atoms with Crippen LogP contribution < -0.4 is 19.5 Å². The Labute approximate surface area is 211 Å². The van der Waals surface area contributed by atoms with Crippen LogP contribution in [0.1, 0.15) is 29.7 Å². The van der Waals surface area contributed by atoms with Gasteiger partial charge in [0.05, 0.1) is 41.7 Å². The third-order valence-electron chi connectivity index (χ3n) is 5.59. The van der Waals surface area contributed by atoms with Gasteiger partial charge in [-0.25, -0.2) is 4.79 Å². The molecule has 36 heavy (non-hydrogen) atoms. The molecule has 190 valence electrons. The van der Waals surface area contributed by atoms with Gasteiger partial charge in [0.2, 0.25) is 5.91 Å². The van der Waals surface area contributed by atoms with E-state index in [0.717, 1.165) is 16.7 Å². The van der Waals surface area contributed by atoms with E-state index in [4.69, 9.17) is 23.7 Å². The maximum Gasteiger partial charge on any atom is 0.333 e. The molecule has 0 unspecified atom stereocenters. The van der Waals surface area contributed by atoms with Gasteiger partial charge in [0, 0.05) is 24.1 Å². The molecule has 0 aliphatic heterocycles. The molecule has 8 nitrogen and oxygen atoms in total. The summed E-state index contributed by atoms with van der Waals surface area (Å²) >= 11 is 0. The topological polar surface area (TPSA) is 92.3 Å². The standard InChI is InChI=1S/C28H31NO7/c1-18(30)29-27(28(31)35-5)20-11-12-24(33-3)23(14-20)26-21(13-22(32-2)15-25(26)34-4)17-36-16-19-9-7-6-8-10-19/h6-15,27H,16-17H2,1-5H3,(H,29,30)/t27-/m1/s1. The second-order valence-electron chi connectivity index (χ2n) is 7.96. The molecule has 8 heteroatoms. The molecule has 0 heterocycles. The third-order valence-corrected chi connectivity index (χ3v) is 5.59. The number of nitrogens with one attached hydrogen (secondary N) is 1. The van der Waals surface area contributed by atoms with Crippen LogP contribution in [0.3, 0.4) is 0 Å². The molecule has 0 saturated heterocycles. The zero-order valence-corrected chi connectivity index (χ0v) is 21.1. The van der Waals surface area contributed by atoms with Crippen molar-refractivity contribution in [1.82, 2.24) is 5.32 Å². The molecule has 0 aliphatic carbocycles. The number of hydrogen-bond acceptors (Lipinski definition) is 7. The Hall–Kier alpha value is -4.04. The Balaban J connectivity index is 2.11. The van der Waals surface area contributed by atoms with Crippen molar-refractivity contribution >= 4 is 11.9 Å². The molecule has 3 rings (SSSR count). The van der Waals surface area contributed by atoms with E-state index >= 15 is 0 Å². The van der Waals surface area contributed by atoms with Gasteiger partial charge in [0.1, 0.15) is 17.2 Å². The summed E-state index contributed by atoms with van der Waals surface area (Å²) in [6, 6.07) is 17.8. The lowest BCUT2D eigenvalue weighted by Gasteiger charge is -2.21. The van der Waals surface area contributed by atoms with Crippen LogP contribution in [0, 0.1) is 0 Å². The Morgan fingerprint density at radius 3 is 2.17 bits per heavy atom. The minimum Gasteiger partial charge on any atom is -0.497 e. The van der Waals surface area contributed by atoms with Crippen LogP contribution in [0.25, 0.3) is 11.1 Å². The normalized spacial score (nSPS) is 11.4. The first-order valence-corrected chi connectivity index (χ1v) is 11.3. The molecule has 0 bridgehead atoms. The summed E-state index contributed by atoms with van der Waals surface area (Å²) in [6.45, 7) is 2.02. The lowest BCUT2D eigenvalue weighted by atomic mass is 9.94. The van der Waals surface area contributed by atoms with Crippen LogP contribution in [0.15, 0.2) is 60.7 Å². The number of benzene rings is 3. The second kappa shape index (κ2) is 12.6. The van der Waals surface area contributed by atoms with Crippen molar-refractivity contribution in [1.29, 1.82) is 0 Å². The smallest absolute Gasteiger partial charge is 0.333 e. The van der Waals surface area contributed by atoms with Crippen molar-refractivity contribution in [3.63, 3.8) is 0 Å². The lowest BCUT2D eigenvalue weighted by molar-refractivity contribution is -0.145. The maximum atomic E-state index is 12.5. The molecule has 0 spiro atoms. The predicted molar refractivity (Wildman–Crippen MR) is 135 cm³/mol. The van der Waals surface area contributed by atoms with Gasteiger partial charge >= 0.3 is 5.97 Å². The number of rotatable bonds is 11. The zero-order valence-electron chi connectivity index (χ0n) is 21.1. The van der Waals surface area contributed by atoms with E-state index in [-0.39, 0.29) is 12.5 Å². The Kier molecular flexibility index (Phi) is 9.30. The van der Waals surface area contributed by atoms with Gasteiger partial charge in [-0.1, -0.05) is 36.4 Å². The van der Waals surface area contributed by atoms with E-state index < -0.39 is 12.0 Å². The minimum atomic E-state index is -0.987. The van der Waals surface area contributed by atoms with Gasteiger partial charge in [-0.2, -0.15) is 0 Å². The van der Waals surface area contributed by atoms with Gasteiger partial charge in [0.15, 0.2) is 6.04 Å². The van der Waals surface area contributed by atoms with Crippen LogP contribution in [-0.4, -0.2) is 40.3 Å². The molecule has 0 radical (unpaired) electrons. The molecule has 0 aliphatic rings. The highest BCUT2D eigenvalue weighted by Gasteiger charge is 2.25. The number of hydrogen-bond donors (Lipinski definition) is 1. The number of amides is 1. The second-order valence-corrected chi connectivity index (χ2v) is 7.96. The summed E-state index contributed by atoms with van der Waals surface area (Å²) in [4.78, 5) is 24.3. The van der Waals surface area contributed by atoms with Crippen molar-refractivity contribution in [2.24, 2.45) is 0 Å². The highest BCUT2D eigenvalue weighted by molar-refractivity contribution is 5.86. The number of carbonyl (C=O) groups excluding carboxylic acids is 2. The van der Waals surface area contributed by atoms with Crippen molar-refractivity contribution in [2.75, 3.05) is 28.4 Å². The van der Waals surface area contributed by atoms with Crippen molar-refractivity contribution < 1.29 is 33.3 Å². The Morgan fingerprint density at radius 1 is 0.833 bits per heavy atom. The average Bonchev–Trinajstić information content (AvgIpc) is 2.90.